The van der Waals surface area contributed by atoms with Crippen LogP contribution < -0.4 is 0 Å². The molecular weight excluding hydrogens is 226 g/mol. The van der Waals surface area contributed by atoms with Crippen LogP contribution in [0.1, 0.15) is 0 Å². The third-order valence-electron chi connectivity index (χ3n) is 2.41. The number of aromatic nitrogens is 2. The molecule has 3 aromatic rings. The molecule has 0 N–H and O–H groups in total. The van der Waals surface area contributed by atoms with Crippen molar-refractivity contribution >= 4 is 11.2 Å². The van der Waals surface area contributed by atoms with E-state index in [1.807, 2.05) is 0 Å². The molecule has 17 heavy (non-hydrogen) atoms. The van der Waals surface area contributed by atoms with E-state index in [4.69, 9.17) is 4.42 Å². The van der Waals surface area contributed by atoms with Gasteiger partial charge < -0.3 is 4.42 Å². The molecule has 84 valence electrons. The summed E-state index contributed by atoms with van der Waals surface area (Å²) in [7, 11) is 0. The van der Waals surface area contributed by atoms with Crippen LogP contribution in [0, 0.1) is 11.6 Å². The average molecular weight is 232 g/mol. The molecule has 0 radical (unpaired) electrons. The molecule has 0 unspecified atom stereocenters. The number of hydrogen-bond donors (Lipinski definition) is 0. The Morgan fingerprint density at radius 1 is 1.00 bits per heavy atom. The third-order valence-corrected chi connectivity index (χ3v) is 2.41. The van der Waals surface area contributed by atoms with Crippen LogP contribution in [0.4, 0.5) is 8.78 Å². The van der Waals surface area contributed by atoms with E-state index in [9.17, 15) is 8.78 Å². The maximum absolute atomic E-state index is 13.1. The second-order valence-corrected chi connectivity index (χ2v) is 3.50. The lowest BCUT2D eigenvalue weighted by atomic mass is 10.1. The molecule has 0 aliphatic carbocycles. The zero-order valence-electron chi connectivity index (χ0n) is 8.52. The van der Waals surface area contributed by atoms with Crippen molar-refractivity contribution in [2.45, 2.75) is 0 Å². The standard InChI is InChI=1S/C12H6F2N2O/c13-8-2-1-7(5-9(8)14)10-3-4-11-12(16-10)15-6-17-11/h1-6H. The first-order chi connectivity index (χ1) is 8.24. The maximum atomic E-state index is 13.1. The minimum Gasteiger partial charge on any atom is -0.442 e. The van der Waals surface area contributed by atoms with Gasteiger partial charge in [-0.3, -0.25) is 0 Å². The first-order valence-corrected chi connectivity index (χ1v) is 4.90. The summed E-state index contributed by atoms with van der Waals surface area (Å²) in [6, 6.07) is 6.99. The van der Waals surface area contributed by atoms with E-state index in [1.165, 1.54) is 12.5 Å². The predicted molar refractivity (Wildman–Crippen MR) is 57.2 cm³/mol. The van der Waals surface area contributed by atoms with Crippen LogP contribution in [-0.2, 0) is 0 Å². The first kappa shape index (κ1) is 9.89. The Hall–Kier alpha value is -2.30. The van der Waals surface area contributed by atoms with Crippen molar-refractivity contribution in [2.24, 2.45) is 0 Å². The monoisotopic (exact) mass is 232 g/mol. The molecule has 3 rings (SSSR count). The Balaban J connectivity index is 2.16. The van der Waals surface area contributed by atoms with Gasteiger partial charge in [0.2, 0.25) is 0 Å². The van der Waals surface area contributed by atoms with Gasteiger partial charge in [0, 0.05) is 5.56 Å². The van der Waals surface area contributed by atoms with E-state index in [-0.39, 0.29) is 0 Å². The van der Waals surface area contributed by atoms with Gasteiger partial charge >= 0.3 is 0 Å². The third kappa shape index (κ3) is 1.65. The van der Waals surface area contributed by atoms with Crippen LogP contribution in [0.25, 0.3) is 22.5 Å². The van der Waals surface area contributed by atoms with Crippen molar-refractivity contribution < 1.29 is 13.2 Å². The summed E-state index contributed by atoms with van der Waals surface area (Å²) in [5, 5.41) is 0. The summed E-state index contributed by atoms with van der Waals surface area (Å²) in [6.07, 6.45) is 1.28. The van der Waals surface area contributed by atoms with E-state index >= 15 is 0 Å². The number of benzene rings is 1. The van der Waals surface area contributed by atoms with Crippen LogP contribution in [-0.4, -0.2) is 9.97 Å². The molecule has 2 aromatic heterocycles. The molecule has 0 fully saturated rings. The Kier molecular flexibility index (Phi) is 2.11. The normalized spacial score (nSPS) is 10.9. The number of halogens is 2. The highest BCUT2D eigenvalue weighted by Gasteiger charge is 2.07. The quantitative estimate of drug-likeness (QED) is 0.646. The van der Waals surface area contributed by atoms with Gasteiger partial charge in [-0.15, -0.1) is 0 Å². The smallest absolute Gasteiger partial charge is 0.199 e. The molecule has 0 saturated heterocycles. The molecule has 2 heterocycles. The number of hydrogen-bond acceptors (Lipinski definition) is 3. The number of nitrogens with zero attached hydrogens (tertiary/aromatic N) is 2. The van der Waals surface area contributed by atoms with Gasteiger partial charge in [0.25, 0.3) is 0 Å². The fraction of sp³-hybridized carbons (Fsp3) is 0. The topological polar surface area (TPSA) is 38.9 Å². The molecule has 0 amide bonds. The lowest BCUT2D eigenvalue weighted by molar-refractivity contribution is 0.509. The summed E-state index contributed by atoms with van der Waals surface area (Å²) in [4.78, 5) is 8.08. The highest BCUT2D eigenvalue weighted by Crippen LogP contribution is 2.21. The van der Waals surface area contributed by atoms with Crippen LogP contribution >= 0.6 is 0 Å². The summed E-state index contributed by atoms with van der Waals surface area (Å²) in [6.45, 7) is 0. The Morgan fingerprint density at radius 2 is 1.88 bits per heavy atom. The molecule has 0 spiro atoms. The molecule has 0 atom stereocenters. The second-order valence-electron chi connectivity index (χ2n) is 3.50. The van der Waals surface area contributed by atoms with Crippen molar-refractivity contribution in [3.05, 3.63) is 48.4 Å². The highest BCUT2D eigenvalue weighted by atomic mass is 19.2. The summed E-state index contributed by atoms with van der Waals surface area (Å²) in [5.74, 6) is -1.78. The van der Waals surface area contributed by atoms with E-state index in [0.29, 0.717) is 22.5 Å². The highest BCUT2D eigenvalue weighted by molar-refractivity contribution is 5.72. The molecule has 1 aromatic carbocycles. The first-order valence-electron chi connectivity index (χ1n) is 4.90. The van der Waals surface area contributed by atoms with Gasteiger partial charge in [-0.2, -0.15) is 4.98 Å². The summed E-state index contributed by atoms with van der Waals surface area (Å²) < 4.78 is 30.9. The van der Waals surface area contributed by atoms with Crippen molar-refractivity contribution in [3.8, 4) is 11.3 Å². The van der Waals surface area contributed by atoms with E-state index in [0.717, 1.165) is 12.1 Å². The second kappa shape index (κ2) is 3.62. The number of oxazole rings is 1. The molecule has 0 saturated carbocycles. The Labute approximate surface area is 94.7 Å². The van der Waals surface area contributed by atoms with Crippen LogP contribution in [0.3, 0.4) is 0 Å². The van der Waals surface area contributed by atoms with Gasteiger partial charge in [-0.25, -0.2) is 13.8 Å². The predicted octanol–water partition coefficient (Wildman–Crippen LogP) is 3.17. The number of rotatable bonds is 1. The van der Waals surface area contributed by atoms with Crippen molar-refractivity contribution in [1.29, 1.82) is 0 Å². The van der Waals surface area contributed by atoms with Gasteiger partial charge in [-0.1, -0.05) is 0 Å². The summed E-state index contributed by atoms with van der Waals surface area (Å²) >= 11 is 0. The molecule has 3 nitrogen and oxygen atoms in total. The van der Waals surface area contributed by atoms with Crippen LogP contribution in [0.5, 0.6) is 0 Å². The lowest BCUT2D eigenvalue weighted by Gasteiger charge is -2.00. The Bertz CT molecular complexity index is 694. The number of fused-ring (bicyclic) bond motifs is 1. The van der Waals surface area contributed by atoms with E-state index < -0.39 is 11.6 Å². The van der Waals surface area contributed by atoms with Crippen molar-refractivity contribution in [3.63, 3.8) is 0 Å². The Morgan fingerprint density at radius 3 is 2.71 bits per heavy atom. The molecule has 0 aliphatic rings. The molecule has 0 bridgehead atoms. The maximum Gasteiger partial charge on any atom is 0.199 e. The average Bonchev–Trinajstić information content (AvgIpc) is 2.79. The van der Waals surface area contributed by atoms with Gasteiger partial charge in [-0.05, 0) is 30.3 Å². The van der Waals surface area contributed by atoms with Crippen molar-refractivity contribution in [2.75, 3.05) is 0 Å². The van der Waals surface area contributed by atoms with E-state index in [2.05, 4.69) is 9.97 Å². The van der Waals surface area contributed by atoms with Crippen molar-refractivity contribution in [1.82, 2.24) is 9.97 Å². The SMILES string of the molecule is Fc1ccc(-c2ccc3ocnc3n2)cc1F. The summed E-state index contributed by atoms with van der Waals surface area (Å²) in [5.41, 5.74) is 2.00. The van der Waals surface area contributed by atoms with E-state index in [1.54, 1.807) is 12.1 Å². The fourth-order valence-electron chi connectivity index (χ4n) is 1.57. The molecule has 0 aliphatic heterocycles. The van der Waals surface area contributed by atoms with Gasteiger partial charge in [0.1, 0.15) is 0 Å². The number of pyridine rings is 1. The zero-order valence-corrected chi connectivity index (χ0v) is 8.52. The van der Waals surface area contributed by atoms with Gasteiger partial charge in [0.15, 0.2) is 29.3 Å². The lowest BCUT2D eigenvalue weighted by Crippen LogP contribution is -1.88. The fourth-order valence-corrected chi connectivity index (χ4v) is 1.57. The van der Waals surface area contributed by atoms with Gasteiger partial charge in [0.05, 0.1) is 5.69 Å². The van der Waals surface area contributed by atoms with Crippen LogP contribution in [0.15, 0.2) is 41.1 Å². The molecule has 5 heteroatoms. The largest absolute Gasteiger partial charge is 0.442 e. The minimum atomic E-state index is -0.899. The zero-order chi connectivity index (χ0) is 11.8. The molecular formula is C12H6F2N2O. The minimum absolute atomic E-state index is 0.437. The van der Waals surface area contributed by atoms with Crippen LogP contribution in [0.2, 0.25) is 0 Å².